The number of anilines is 2. The molecule has 0 bridgehead atoms. The van der Waals surface area contributed by atoms with Gasteiger partial charge in [-0.3, -0.25) is 10.1 Å². The number of hydrogen-bond donors (Lipinski definition) is 0. The number of halogens is 3. The lowest BCUT2D eigenvalue weighted by Crippen LogP contribution is -2.16. The second-order valence-corrected chi connectivity index (χ2v) is 5.64. The second-order valence-electron chi connectivity index (χ2n) is 5.64. The van der Waals surface area contributed by atoms with Crippen LogP contribution in [0.2, 0.25) is 0 Å². The molecule has 3 rings (SSSR count). The number of ether oxygens (including phenoxy) is 1. The Morgan fingerprint density at radius 2 is 1.82 bits per heavy atom. The number of nitro benzene ring substituents is 1. The van der Waals surface area contributed by atoms with Crippen molar-refractivity contribution in [1.82, 2.24) is 9.97 Å². The molecule has 2 aromatic carbocycles. The Balaban J connectivity index is 2.01. The maximum Gasteiger partial charge on any atom is 0.423 e. The van der Waals surface area contributed by atoms with Crippen LogP contribution in [-0.4, -0.2) is 21.9 Å². The van der Waals surface area contributed by atoms with Crippen molar-refractivity contribution in [3.8, 4) is 11.6 Å². The number of aromatic nitrogens is 2. The van der Waals surface area contributed by atoms with Crippen LogP contribution in [0.15, 0.2) is 60.8 Å². The van der Waals surface area contributed by atoms with Crippen molar-refractivity contribution in [3.63, 3.8) is 0 Å². The predicted octanol–water partition coefficient (Wildman–Crippen LogP) is 4.96. The van der Waals surface area contributed by atoms with Gasteiger partial charge in [-0.1, -0.05) is 24.3 Å². The first-order valence-corrected chi connectivity index (χ1v) is 7.91. The second kappa shape index (κ2) is 7.51. The largest absolute Gasteiger partial charge is 0.438 e. The van der Waals surface area contributed by atoms with Crippen LogP contribution in [-0.2, 0) is 6.18 Å². The smallest absolute Gasteiger partial charge is 0.423 e. The summed E-state index contributed by atoms with van der Waals surface area (Å²) >= 11 is 0. The van der Waals surface area contributed by atoms with E-state index in [1.54, 1.807) is 24.3 Å². The van der Waals surface area contributed by atoms with Gasteiger partial charge >= 0.3 is 6.18 Å². The summed E-state index contributed by atoms with van der Waals surface area (Å²) in [5, 5.41) is 10.9. The third kappa shape index (κ3) is 4.17. The zero-order chi connectivity index (χ0) is 20.3. The van der Waals surface area contributed by atoms with Gasteiger partial charge in [-0.15, -0.1) is 0 Å². The number of alkyl halides is 3. The van der Waals surface area contributed by atoms with Crippen LogP contribution in [0.4, 0.5) is 30.5 Å². The summed E-state index contributed by atoms with van der Waals surface area (Å²) < 4.78 is 45.2. The van der Waals surface area contributed by atoms with Gasteiger partial charge in [0.15, 0.2) is 0 Å². The highest BCUT2D eigenvalue weighted by Crippen LogP contribution is 2.38. The van der Waals surface area contributed by atoms with Crippen molar-refractivity contribution < 1.29 is 22.8 Å². The Morgan fingerprint density at radius 3 is 2.46 bits per heavy atom. The van der Waals surface area contributed by atoms with E-state index in [1.165, 1.54) is 42.3 Å². The van der Waals surface area contributed by atoms with Gasteiger partial charge in [-0.2, -0.15) is 18.2 Å². The van der Waals surface area contributed by atoms with Crippen molar-refractivity contribution in [3.05, 3.63) is 76.5 Å². The Morgan fingerprint density at radius 1 is 1.11 bits per heavy atom. The maximum atomic E-state index is 13.3. The molecule has 7 nitrogen and oxygen atoms in total. The highest BCUT2D eigenvalue weighted by atomic mass is 19.4. The number of para-hydroxylation sites is 1. The molecule has 0 saturated carbocycles. The van der Waals surface area contributed by atoms with Gasteiger partial charge in [0, 0.05) is 25.4 Å². The number of rotatable bonds is 5. The fourth-order valence-corrected chi connectivity index (χ4v) is 2.32. The molecule has 1 heterocycles. The van der Waals surface area contributed by atoms with E-state index in [1.807, 2.05) is 0 Å². The third-order valence-electron chi connectivity index (χ3n) is 3.73. The third-order valence-corrected chi connectivity index (χ3v) is 3.73. The zero-order valence-corrected chi connectivity index (χ0v) is 14.4. The zero-order valence-electron chi connectivity index (χ0n) is 14.4. The summed E-state index contributed by atoms with van der Waals surface area (Å²) in [5.41, 5.74) is -0.968. The molecular formula is C18H13F3N4O3. The van der Waals surface area contributed by atoms with Crippen LogP contribution in [0.3, 0.4) is 0 Å². The lowest BCUT2D eigenvalue weighted by molar-refractivity contribution is -0.384. The summed E-state index contributed by atoms with van der Waals surface area (Å²) in [6.45, 7) is 0. The monoisotopic (exact) mass is 390 g/mol. The molecule has 0 amide bonds. The van der Waals surface area contributed by atoms with Gasteiger partial charge < -0.3 is 9.64 Å². The fraction of sp³-hybridized carbons (Fsp3) is 0.111. The van der Waals surface area contributed by atoms with Gasteiger partial charge in [0.25, 0.3) is 5.69 Å². The van der Waals surface area contributed by atoms with Crippen molar-refractivity contribution in [2.24, 2.45) is 0 Å². The van der Waals surface area contributed by atoms with Gasteiger partial charge in [0.2, 0.25) is 11.8 Å². The summed E-state index contributed by atoms with van der Waals surface area (Å²) in [6, 6.07) is 13.5. The Labute approximate surface area is 157 Å². The number of benzene rings is 2. The first kappa shape index (κ1) is 19.1. The molecule has 0 fully saturated rings. The normalized spacial score (nSPS) is 11.1. The lowest BCUT2D eigenvalue weighted by Gasteiger charge is -2.19. The van der Waals surface area contributed by atoms with Crippen LogP contribution in [0, 0.1) is 10.1 Å². The summed E-state index contributed by atoms with van der Waals surface area (Å²) in [6.07, 6.45) is -4.10. The van der Waals surface area contributed by atoms with E-state index >= 15 is 0 Å². The van der Waals surface area contributed by atoms with E-state index < -0.39 is 22.5 Å². The van der Waals surface area contributed by atoms with Crippen molar-refractivity contribution in [2.45, 2.75) is 6.18 Å². The molecule has 3 aromatic rings. The molecular weight excluding hydrogens is 377 g/mol. The Hall–Kier alpha value is -3.69. The van der Waals surface area contributed by atoms with E-state index in [0.717, 1.165) is 0 Å². The van der Waals surface area contributed by atoms with Crippen LogP contribution in [0.5, 0.6) is 11.6 Å². The summed E-state index contributed by atoms with van der Waals surface area (Å²) in [5.74, 6) is -0.601. The van der Waals surface area contributed by atoms with Gasteiger partial charge in [-0.05, 0) is 18.2 Å². The van der Waals surface area contributed by atoms with Crippen LogP contribution < -0.4 is 9.64 Å². The quantitative estimate of drug-likeness (QED) is 0.452. The Kier molecular flexibility index (Phi) is 5.12. The average Bonchev–Trinajstić information content (AvgIpc) is 2.67. The van der Waals surface area contributed by atoms with E-state index in [4.69, 9.17) is 4.74 Å². The molecule has 1 aromatic heterocycles. The fourth-order valence-electron chi connectivity index (χ4n) is 2.32. The molecule has 0 atom stereocenters. The molecule has 28 heavy (non-hydrogen) atoms. The van der Waals surface area contributed by atoms with Crippen molar-refractivity contribution in [2.75, 3.05) is 11.9 Å². The topological polar surface area (TPSA) is 81.4 Å². The van der Waals surface area contributed by atoms with E-state index in [9.17, 15) is 23.3 Å². The first-order chi connectivity index (χ1) is 13.3. The number of nitrogens with zero attached hydrogens (tertiary/aromatic N) is 4. The van der Waals surface area contributed by atoms with Crippen LogP contribution in [0.1, 0.15) is 5.56 Å². The SMILES string of the molecule is CN(c1cccc([N+](=O)[O-])c1)c1ncc(C(F)(F)F)c(Oc2ccccc2)n1. The minimum absolute atomic E-state index is 0.112. The number of non-ortho nitro benzene ring substituents is 1. The van der Waals surface area contributed by atoms with Gasteiger partial charge in [0.05, 0.1) is 10.6 Å². The van der Waals surface area contributed by atoms with E-state index in [-0.39, 0.29) is 17.4 Å². The average molecular weight is 390 g/mol. The highest BCUT2D eigenvalue weighted by molar-refractivity contribution is 5.60. The first-order valence-electron chi connectivity index (χ1n) is 7.91. The van der Waals surface area contributed by atoms with Crippen LogP contribution >= 0.6 is 0 Å². The van der Waals surface area contributed by atoms with Gasteiger partial charge in [0.1, 0.15) is 11.3 Å². The molecule has 0 aliphatic heterocycles. The molecule has 0 aliphatic carbocycles. The molecule has 0 saturated heterocycles. The number of nitro groups is 1. The van der Waals surface area contributed by atoms with Crippen molar-refractivity contribution in [1.29, 1.82) is 0 Å². The molecule has 0 N–H and O–H groups in total. The summed E-state index contributed by atoms with van der Waals surface area (Å²) in [4.78, 5) is 19.3. The van der Waals surface area contributed by atoms with Crippen molar-refractivity contribution >= 4 is 17.3 Å². The molecule has 0 unspecified atom stereocenters. The molecule has 0 aliphatic rings. The minimum Gasteiger partial charge on any atom is -0.438 e. The standard InChI is InChI=1S/C18H13F3N4O3/c1-24(12-6-5-7-13(10-12)25(26)27)17-22-11-15(18(19,20)21)16(23-17)28-14-8-3-2-4-9-14/h2-11H,1H3. The minimum atomic E-state index is -4.72. The number of hydrogen-bond acceptors (Lipinski definition) is 6. The molecule has 0 radical (unpaired) electrons. The highest BCUT2D eigenvalue weighted by Gasteiger charge is 2.36. The lowest BCUT2D eigenvalue weighted by atomic mass is 10.2. The predicted molar refractivity (Wildman–Crippen MR) is 94.7 cm³/mol. The van der Waals surface area contributed by atoms with E-state index in [0.29, 0.717) is 11.9 Å². The van der Waals surface area contributed by atoms with Gasteiger partial charge in [-0.25, -0.2) is 4.98 Å². The maximum absolute atomic E-state index is 13.3. The molecule has 10 heteroatoms. The van der Waals surface area contributed by atoms with Crippen LogP contribution in [0.25, 0.3) is 0 Å². The molecule has 144 valence electrons. The summed E-state index contributed by atoms with van der Waals surface area (Å²) in [7, 11) is 1.48. The van der Waals surface area contributed by atoms with E-state index in [2.05, 4.69) is 9.97 Å². The molecule has 0 spiro atoms. The Bertz CT molecular complexity index is 997.